The average molecular weight is 436 g/mol. The van der Waals surface area contributed by atoms with Gasteiger partial charge < -0.3 is 15.7 Å². The first-order valence-electron chi connectivity index (χ1n) is 11.5. The van der Waals surface area contributed by atoms with Gasteiger partial charge in [0.15, 0.2) is 0 Å². The highest BCUT2D eigenvalue weighted by molar-refractivity contribution is 5.96. The number of hydrogen-bond acceptors (Lipinski definition) is 4. The third kappa shape index (κ3) is 5.19. The van der Waals surface area contributed by atoms with Gasteiger partial charge >= 0.3 is 0 Å². The largest absolute Gasteiger partial charge is 0.385 e. The SMILES string of the molecule is Cc1cccc(C(=O)NCC(=O)NC2CN(C3CCC(O)(c4cccc(C)c4)CC3)C2)c1. The summed E-state index contributed by atoms with van der Waals surface area (Å²) < 4.78 is 0. The quantitative estimate of drug-likeness (QED) is 0.652. The monoisotopic (exact) mass is 435 g/mol. The Hall–Kier alpha value is -2.70. The van der Waals surface area contributed by atoms with Crippen LogP contribution in [0.2, 0.25) is 0 Å². The molecule has 0 aromatic heterocycles. The van der Waals surface area contributed by atoms with E-state index in [0.717, 1.165) is 49.9 Å². The number of likely N-dealkylation sites (tertiary alicyclic amines) is 1. The van der Waals surface area contributed by atoms with Gasteiger partial charge in [0.25, 0.3) is 5.91 Å². The molecule has 0 atom stereocenters. The number of amides is 2. The van der Waals surface area contributed by atoms with Gasteiger partial charge in [0.05, 0.1) is 18.2 Å². The zero-order valence-corrected chi connectivity index (χ0v) is 18.9. The summed E-state index contributed by atoms with van der Waals surface area (Å²) in [6.07, 6.45) is 3.44. The molecule has 2 aromatic rings. The highest BCUT2D eigenvalue weighted by atomic mass is 16.3. The number of aryl methyl sites for hydroxylation is 2. The summed E-state index contributed by atoms with van der Waals surface area (Å²) in [6.45, 7) is 5.62. The fourth-order valence-electron chi connectivity index (χ4n) is 4.90. The minimum absolute atomic E-state index is 0.0176. The number of nitrogens with one attached hydrogen (secondary N) is 2. The van der Waals surface area contributed by atoms with E-state index in [0.29, 0.717) is 11.6 Å². The molecule has 0 unspecified atom stereocenters. The van der Waals surface area contributed by atoms with Crippen LogP contribution in [0.1, 0.15) is 52.7 Å². The molecule has 1 aliphatic carbocycles. The second-order valence-electron chi connectivity index (χ2n) is 9.40. The van der Waals surface area contributed by atoms with Crippen molar-refractivity contribution in [3.05, 3.63) is 70.8 Å². The van der Waals surface area contributed by atoms with Gasteiger partial charge in [-0.1, -0.05) is 47.5 Å². The van der Waals surface area contributed by atoms with Crippen LogP contribution in [0.3, 0.4) is 0 Å². The van der Waals surface area contributed by atoms with E-state index < -0.39 is 5.60 Å². The topological polar surface area (TPSA) is 81.7 Å². The van der Waals surface area contributed by atoms with E-state index in [4.69, 9.17) is 0 Å². The Bertz CT molecular complexity index is 976. The lowest BCUT2D eigenvalue weighted by Crippen LogP contribution is -2.63. The van der Waals surface area contributed by atoms with Gasteiger partial charge in [-0.15, -0.1) is 0 Å². The summed E-state index contributed by atoms with van der Waals surface area (Å²) in [4.78, 5) is 26.8. The van der Waals surface area contributed by atoms with E-state index in [1.807, 2.05) is 31.2 Å². The molecular weight excluding hydrogens is 402 g/mol. The van der Waals surface area contributed by atoms with Gasteiger partial charge in [0.2, 0.25) is 5.91 Å². The highest BCUT2D eigenvalue weighted by Crippen LogP contribution is 2.39. The van der Waals surface area contributed by atoms with Crippen molar-refractivity contribution in [2.45, 2.75) is 57.2 Å². The zero-order chi connectivity index (χ0) is 22.7. The number of hydrogen-bond donors (Lipinski definition) is 3. The first kappa shape index (κ1) is 22.5. The molecular formula is C26H33N3O3. The first-order chi connectivity index (χ1) is 15.3. The Kier molecular flexibility index (Phi) is 6.63. The molecule has 6 nitrogen and oxygen atoms in total. The van der Waals surface area contributed by atoms with Gasteiger partial charge in [0, 0.05) is 24.7 Å². The Morgan fingerprint density at radius 2 is 1.69 bits per heavy atom. The summed E-state index contributed by atoms with van der Waals surface area (Å²) in [7, 11) is 0. The molecule has 0 spiro atoms. The second-order valence-corrected chi connectivity index (χ2v) is 9.40. The fraction of sp³-hybridized carbons (Fsp3) is 0.462. The molecule has 0 bridgehead atoms. The number of aliphatic hydroxyl groups is 1. The minimum Gasteiger partial charge on any atom is -0.385 e. The minimum atomic E-state index is -0.726. The van der Waals surface area contributed by atoms with Gasteiger partial charge in [-0.2, -0.15) is 0 Å². The molecule has 2 fully saturated rings. The summed E-state index contributed by atoms with van der Waals surface area (Å²) in [5.41, 5.74) is 3.05. The maximum atomic E-state index is 12.2. The molecule has 3 N–H and O–H groups in total. The molecule has 2 amide bonds. The van der Waals surface area contributed by atoms with Gasteiger partial charge in [0.1, 0.15) is 0 Å². The van der Waals surface area contributed by atoms with Crippen molar-refractivity contribution in [1.29, 1.82) is 0 Å². The van der Waals surface area contributed by atoms with Crippen molar-refractivity contribution >= 4 is 11.8 Å². The third-order valence-corrected chi connectivity index (χ3v) is 6.82. The van der Waals surface area contributed by atoms with Crippen LogP contribution >= 0.6 is 0 Å². The second kappa shape index (κ2) is 9.43. The van der Waals surface area contributed by atoms with E-state index in [1.54, 1.807) is 12.1 Å². The van der Waals surface area contributed by atoms with E-state index in [-0.39, 0.29) is 24.4 Å². The first-order valence-corrected chi connectivity index (χ1v) is 11.5. The molecule has 2 aliphatic rings. The Morgan fingerprint density at radius 3 is 2.34 bits per heavy atom. The Balaban J connectivity index is 1.17. The molecule has 1 heterocycles. The summed E-state index contributed by atoms with van der Waals surface area (Å²) in [5, 5.41) is 16.8. The Morgan fingerprint density at radius 1 is 1.03 bits per heavy atom. The fourth-order valence-corrected chi connectivity index (χ4v) is 4.90. The van der Waals surface area contributed by atoms with Crippen molar-refractivity contribution in [2.24, 2.45) is 0 Å². The van der Waals surface area contributed by atoms with Crippen LogP contribution in [0.4, 0.5) is 0 Å². The van der Waals surface area contributed by atoms with Crippen LogP contribution in [-0.2, 0) is 10.4 Å². The maximum absolute atomic E-state index is 12.2. The van der Waals surface area contributed by atoms with Crippen LogP contribution in [0.15, 0.2) is 48.5 Å². The maximum Gasteiger partial charge on any atom is 0.251 e. The summed E-state index contributed by atoms with van der Waals surface area (Å²) >= 11 is 0. The van der Waals surface area contributed by atoms with Gasteiger partial charge in [-0.05, 0) is 57.2 Å². The molecule has 1 saturated heterocycles. The van der Waals surface area contributed by atoms with E-state index in [2.05, 4.69) is 34.6 Å². The molecule has 1 aliphatic heterocycles. The molecule has 1 saturated carbocycles. The van der Waals surface area contributed by atoms with Crippen LogP contribution in [-0.4, -0.2) is 53.5 Å². The molecule has 0 radical (unpaired) electrons. The zero-order valence-electron chi connectivity index (χ0n) is 18.9. The van der Waals surface area contributed by atoms with Crippen LogP contribution in [0, 0.1) is 13.8 Å². The normalized spacial score (nSPS) is 23.9. The number of carbonyl (C=O) groups is 2. The van der Waals surface area contributed by atoms with Crippen LogP contribution in [0.25, 0.3) is 0 Å². The lowest BCUT2D eigenvalue weighted by Gasteiger charge is -2.48. The standard InChI is InChI=1S/C26H33N3O3/c1-18-5-3-7-20(13-18)25(31)27-15-24(30)28-22-16-29(17-22)23-9-11-26(32,12-10-23)21-8-4-6-19(2)14-21/h3-8,13-14,22-23,32H,9-12,15-17H2,1-2H3,(H,27,31)(H,28,30). The number of benzene rings is 2. The third-order valence-electron chi connectivity index (χ3n) is 6.82. The summed E-state index contributed by atoms with van der Waals surface area (Å²) in [6, 6.07) is 16.1. The van der Waals surface area contributed by atoms with E-state index in [1.165, 1.54) is 5.56 Å². The molecule has 4 rings (SSSR count). The van der Waals surface area contributed by atoms with Crippen molar-refractivity contribution < 1.29 is 14.7 Å². The molecule has 32 heavy (non-hydrogen) atoms. The lowest BCUT2D eigenvalue weighted by molar-refractivity contribution is -0.122. The number of nitrogens with zero attached hydrogens (tertiary/aromatic N) is 1. The highest BCUT2D eigenvalue weighted by Gasteiger charge is 2.40. The molecule has 2 aromatic carbocycles. The number of rotatable bonds is 6. The predicted octanol–water partition coefficient (Wildman–Crippen LogP) is 2.66. The lowest BCUT2D eigenvalue weighted by atomic mass is 9.76. The van der Waals surface area contributed by atoms with Gasteiger partial charge in [-0.25, -0.2) is 0 Å². The van der Waals surface area contributed by atoms with Gasteiger partial charge in [-0.3, -0.25) is 14.5 Å². The van der Waals surface area contributed by atoms with E-state index in [9.17, 15) is 14.7 Å². The van der Waals surface area contributed by atoms with E-state index >= 15 is 0 Å². The summed E-state index contributed by atoms with van der Waals surface area (Å²) in [5.74, 6) is -0.393. The average Bonchev–Trinajstić information content (AvgIpc) is 2.75. The van der Waals surface area contributed by atoms with Crippen molar-refractivity contribution in [1.82, 2.24) is 15.5 Å². The van der Waals surface area contributed by atoms with Crippen molar-refractivity contribution in [2.75, 3.05) is 19.6 Å². The van der Waals surface area contributed by atoms with Crippen molar-refractivity contribution in [3.63, 3.8) is 0 Å². The predicted molar refractivity (Wildman–Crippen MR) is 124 cm³/mol. The molecule has 170 valence electrons. The van der Waals surface area contributed by atoms with Crippen molar-refractivity contribution in [3.8, 4) is 0 Å². The Labute approximate surface area is 190 Å². The molecule has 6 heteroatoms. The van der Waals surface area contributed by atoms with Crippen LogP contribution < -0.4 is 10.6 Å². The smallest absolute Gasteiger partial charge is 0.251 e. The van der Waals surface area contributed by atoms with Crippen LogP contribution in [0.5, 0.6) is 0 Å². The number of carbonyl (C=O) groups excluding carboxylic acids is 2.